The number of imidazole rings is 2. The first kappa shape index (κ1) is 77.9. The highest BCUT2D eigenvalue weighted by Gasteiger charge is 2.24. The minimum atomic E-state index is -4.16. The number of aromatic nitrogens is 6. The highest BCUT2D eigenvalue weighted by molar-refractivity contribution is 14.1. The van der Waals surface area contributed by atoms with Crippen LogP contribution in [-0.2, 0) is 28.5 Å². The van der Waals surface area contributed by atoms with Gasteiger partial charge in [-0.15, -0.1) is 0 Å². The first-order valence-corrected chi connectivity index (χ1v) is 38.0. The van der Waals surface area contributed by atoms with Crippen LogP contribution in [0.4, 0.5) is 21.0 Å². The first-order valence-electron chi connectivity index (χ1n) is 29.9. The van der Waals surface area contributed by atoms with Gasteiger partial charge in [0, 0.05) is 110 Å². The number of carbonyl (C=O) groups excluding carboxylic acids is 2. The number of pyridine rings is 4. The maximum absolute atomic E-state index is 13.2. The molecule has 0 aliphatic carbocycles. The number of benzene rings is 2. The number of hydrogen-bond donors (Lipinski definition) is 6. The number of sulfonamides is 1. The molecule has 2 aliphatic heterocycles. The SMILES string of the molecule is CI.CI.COc1ncc(-c2ccc3ncc(C4=CCN(CCNC(=O)OC(C)(C)C)CC4)n3c2)cc1N.COc1ncc(-c2ccc3ncc(C4=CCN(CCNC(=O)OC(C)(C)C)CC4)n3c2)cc1NS(=O)(=O)c1cccc(C(=O)O)c1.O=C(O)c1cccc(S(=O)(=O)Cl)c1. The Bertz CT molecular complexity index is 4380. The largest absolute Gasteiger partial charge is 0.480 e. The predicted octanol–water partition coefficient (Wildman–Crippen LogP) is 11.5. The molecule has 0 spiro atoms. The van der Waals surface area contributed by atoms with Gasteiger partial charge in [0.1, 0.15) is 28.2 Å². The van der Waals surface area contributed by atoms with Gasteiger partial charge in [0.2, 0.25) is 11.8 Å². The van der Waals surface area contributed by atoms with Crippen molar-refractivity contribution in [3.05, 3.63) is 157 Å². The van der Waals surface area contributed by atoms with Crippen LogP contribution < -0.4 is 30.6 Å². The lowest BCUT2D eigenvalue weighted by Crippen LogP contribution is -2.39. The summed E-state index contributed by atoms with van der Waals surface area (Å²) in [5.41, 5.74) is 14.7. The number of fused-ring (bicyclic) bond motifs is 2. The van der Waals surface area contributed by atoms with Gasteiger partial charge in [-0.1, -0.05) is 69.5 Å². The maximum atomic E-state index is 13.2. The van der Waals surface area contributed by atoms with Crippen LogP contribution in [0.3, 0.4) is 0 Å². The van der Waals surface area contributed by atoms with Crippen LogP contribution >= 0.6 is 55.9 Å². The molecular weight excluding hydrogens is 1540 g/mol. The van der Waals surface area contributed by atoms with Crippen molar-refractivity contribution in [3.8, 4) is 34.0 Å². The fraction of sp³-hybridized carbons (Fsp3) is 0.333. The van der Waals surface area contributed by atoms with E-state index >= 15 is 0 Å². The van der Waals surface area contributed by atoms with E-state index in [1.54, 1.807) is 25.6 Å². The molecule has 0 unspecified atom stereocenters. The molecule has 2 amide bonds. The number of nitrogen functional groups attached to an aromatic ring is 1. The number of rotatable bonds is 18. The Balaban J connectivity index is 0.000000254. The van der Waals surface area contributed by atoms with Crippen LogP contribution in [0.15, 0.2) is 144 Å². The summed E-state index contributed by atoms with van der Waals surface area (Å²) < 4.78 is 75.6. The summed E-state index contributed by atoms with van der Waals surface area (Å²) >= 11 is 4.30. The van der Waals surface area contributed by atoms with Gasteiger partial charge >= 0.3 is 24.1 Å². The van der Waals surface area contributed by atoms with Gasteiger partial charge in [-0.05, 0) is 148 Å². The summed E-state index contributed by atoms with van der Waals surface area (Å²) in [4.78, 5) is 71.4. The molecule has 8 aromatic rings. The molecule has 31 heteroatoms. The number of nitrogens with two attached hydrogens (primary N) is 1. The van der Waals surface area contributed by atoms with Gasteiger partial charge in [-0.3, -0.25) is 23.3 Å². The van der Waals surface area contributed by atoms with Gasteiger partial charge < -0.3 is 45.5 Å². The van der Waals surface area contributed by atoms with Crippen molar-refractivity contribution < 1.29 is 65.2 Å². The van der Waals surface area contributed by atoms with E-state index in [2.05, 4.69) is 113 Å². The monoisotopic (exact) mass is 1620 g/mol. The van der Waals surface area contributed by atoms with E-state index in [0.29, 0.717) is 36.8 Å². The van der Waals surface area contributed by atoms with Gasteiger partial charge in [0.25, 0.3) is 19.1 Å². The van der Waals surface area contributed by atoms with Gasteiger partial charge in [0.05, 0.1) is 64.6 Å². The molecule has 0 radical (unpaired) electrons. The van der Waals surface area contributed by atoms with Crippen LogP contribution in [0.1, 0.15) is 86.5 Å². The van der Waals surface area contributed by atoms with Crippen molar-refractivity contribution in [1.82, 2.24) is 49.2 Å². The Labute approximate surface area is 595 Å². The molecule has 6 aromatic heterocycles. The van der Waals surface area contributed by atoms with Gasteiger partial charge in [-0.25, -0.2) is 55.9 Å². The Kier molecular flexibility index (Phi) is 28.4. The Morgan fingerprint density at radius 2 is 1.02 bits per heavy atom. The van der Waals surface area contributed by atoms with Crippen molar-refractivity contribution >= 4 is 133 Å². The van der Waals surface area contributed by atoms with Gasteiger partial charge in [0.15, 0.2) is 0 Å². The average Bonchev–Trinajstić information content (AvgIpc) is 1.65. The number of anilines is 2. The molecule has 0 fully saturated rings. The standard InChI is InChI=1S/C32H36N6O7S.C25H32N6O3.C7H5ClO4S.2CH3I/c1-32(2,3)45-31(41)33-12-15-37-13-10-21(11-14-37)27-19-34-28-9-8-23(20-38(27)28)24-17-26(29(44-4)35-18-24)36-46(42,43)25-7-5-6-22(16-25)30(39)40;1-25(2,3)34-24(32)27-9-12-30-10-7-17(8-11-30)21-15-28-22-6-5-18(16-31(21)22)19-13-20(26)23(33-4)29-14-19;8-13(11,12)6-3-1-2-5(4-6)7(9)10;2*1-2/h5-10,16-20,36H,11-15H2,1-4H3,(H,33,41)(H,39,40);5-7,13-16H,8-12,26H2,1-4H3,(H,27,32);1-4H,(H,9,10);2*1H3. The summed E-state index contributed by atoms with van der Waals surface area (Å²) in [6.45, 7) is 16.8. The van der Waals surface area contributed by atoms with Crippen LogP contribution in [0.2, 0.25) is 0 Å². The second-order valence-corrected chi connectivity index (χ2v) is 27.6. The van der Waals surface area contributed by atoms with Gasteiger partial charge in [-0.2, -0.15) is 0 Å². The van der Waals surface area contributed by atoms with Crippen LogP contribution in [-0.4, -0.2) is 177 Å². The second kappa shape index (κ2) is 35.4. The third-order valence-corrected chi connectivity index (χ3v) is 16.9. The molecule has 2 aromatic carbocycles. The summed E-state index contributed by atoms with van der Waals surface area (Å²) in [5, 5.41) is 23.4. The molecule has 10 rings (SSSR count). The minimum absolute atomic E-state index is 0.0596. The molecule has 8 heterocycles. The molecule has 97 heavy (non-hydrogen) atoms. The number of nitrogens with zero attached hydrogens (tertiary/aromatic N) is 8. The number of alkyl halides is 2. The van der Waals surface area contributed by atoms with Crippen molar-refractivity contribution in [1.29, 1.82) is 0 Å². The topological polar surface area (TPSA) is 343 Å². The number of carboxylic acid groups (broad SMARTS) is 2. The fourth-order valence-electron chi connectivity index (χ4n) is 9.76. The van der Waals surface area contributed by atoms with Crippen molar-refractivity contribution in [3.63, 3.8) is 0 Å². The molecule has 7 N–H and O–H groups in total. The Morgan fingerprint density at radius 3 is 1.42 bits per heavy atom. The van der Waals surface area contributed by atoms with Crippen LogP contribution in [0.5, 0.6) is 11.8 Å². The average molecular weight is 1620 g/mol. The second-order valence-electron chi connectivity index (χ2n) is 23.3. The summed E-state index contributed by atoms with van der Waals surface area (Å²) in [7, 11) is -0.0579. The molecule has 2 aliphatic rings. The Morgan fingerprint density at radius 1 is 0.588 bits per heavy atom. The number of nitrogens with one attached hydrogen (secondary N) is 3. The fourth-order valence-corrected chi connectivity index (χ4v) is 11.6. The molecule has 26 nitrogen and oxygen atoms in total. The number of hydrogen-bond acceptors (Lipinski definition) is 19. The normalized spacial score (nSPS) is 13.4. The first-order chi connectivity index (χ1) is 46.0. The van der Waals surface area contributed by atoms with E-state index in [1.165, 1.54) is 49.1 Å². The minimum Gasteiger partial charge on any atom is -0.480 e. The zero-order valence-electron chi connectivity index (χ0n) is 55.2. The molecule has 0 saturated carbocycles. The van der Waals surface area contributed by atoms with E-state index in [-0.39, 0.29) is 38.6 Å². The molecule has 520 valence electrons. The number of halogens is 3. The van der Waals surface area contributed by atoms with Crippen molar-refractivity contribution in [2.45, 2.75) is 75.4 Å². The highest BCUT2D eigenvalue weighted by Crippen LogP contribution is 2.33. The lowest BCUT2D eigenvalue weighted by atomic mass is 10.0. The lowest BCUT2D eigenvalue weighted by molar-refractivity contribution is 0.0511. The number of ether oxygens (including phenoxy) is 4. The maximum Gasteiger partial charge on any atom is 0.407 e. The smallest absolute Gasteiger partial charge is 0.407 e. The zero-order chi connectivity index (χ0) is 71.4. The Hall–Kier alpha value is -8.15. The molecular formula is C66H79ClI2N12O14S2. The number of alkyl carbamates (subject to hydrolysis) is 2. The van der Waals surface area contributed by atoms with E-state index in [1.807, 2.05) is 105 Å². The number of aromatic carboxylic acids is 2. The van der Waals surface area contributed by atoms with E-state index in [0.717, 1.165) is 103 Å². The third-order valence-electron chi connectivity index (χ3n) is 14.2. The predicted molar refractivity (Wildman–Crippen MR) is 391 cm³/mol. The summed E-state index contributed by atoms with van der Waals surface area (Å²) in [6.07, 6.45) is 16.4. The zero-order valence-corrected chi connectivity index (χ0v) is 61.9. The number of carbonyl (C=O) groups is 4. The summed E-state index contributed by atoms with van der Waals surface area (Å²) in [6, 6.07) is 21.2. The van der Waals surface area contributed by atoms with E-state index in [9.17, 15) is 41.1 Å². The van der Waals surface area contributed by atoms with Crippen molar-refractivity contribution in [2.24, 2.45) is 0 Å². The van der Waals surface area contributed by atoms with Crippen LogP contribution in [0, 0.1) is 0 Å². The number of methoxy groups -OCH3 is 2. The molecule has 0 bridgehead atoms. The lowest BCUT2D eigenvalue weighted by Gasteiger charge is -2.26. The number of carboxylic acids is 2. The molecule has 0 atom stereocenters. The molecule has 0 saturated heterocycles. The summed E-state index contributed by atoms with van der Waals surface area (Å²) in [5.74, 6) is -1.95. The third kappa shape index (κ3) is 22.7. The number of amides is 2. The highest BCUT2D eigenvalue weighted by atomic mass is 127. The van der Waals surface area contributed by atoms with E-state index in [4.69, 9.17) is 40.5 Å². The quantitative estimate of drug-likeness (QED) is 0.0264. The van der Waals surface area contributed by atoms with Crippen molar-refractivity contribution in [2.75, 3.05) is 86.9 Å². The van der Waals surface area contributed by atoms with Crippen LogP contribution in [0.25, 0.3) is 44.7 Å². The van der Waals surface area contributed by atoms with E-state index < -0.39 is 48.3 Å².